The number of aryl methyl sites for hydroxylation is 2. The van der Waals surface area contributed by atoms with Crippen LogP contribution < -0.4 is 10.5 Å². The fourth-order valence-electron chi connectivity index (χ4n) is 1.90. The fraction of sp³-hybridized carbons (Fsp3) is 0.214. The average molecular weight is 273 g/mol. The minimum Gasteiger partial charge on any atom is -0.432 e. The Hall–Kier alpha value is -2.47. The molecule has 0 saturated heterocycles. The second-order valence-corrected chi connectivity index (χ2v) is 4.50. The van der Waals surface area contributed by atoms with Crippen LogP contribution in [0.25, 0.3) is 0 Å². The van der Waals surface area contributed by atoms with Gasteiger partial charge in [-0.05, 0) is 30.5 Å². The molecule has 0 aliphatic heterocycles. The van der Waals surface area contributed by atoms with E-state index >= 15 is 0 Å². The molecular weight excluding hydrogens is 258 g/mol. The van der Waals surface area contributed by atoms with Crippen LogP contribution in [-0.4, -0.2) is 9.91 Å². The van der Waals surface area contributed by atoms with Crippen LogP contribution in [0.15, 0.2) is 30.5 Å². The van der Waals surface area contributed by atoms with Crippen molar-refractivity contribution >= 4 is 5.69 Å². The van der Waals surface area contributed by atoms with Crippen molar-refractivity contribution in [2.45, 2.75) is 20.4 Å². The number of pyridine rings is 1. The van der Waals surface area contributed by atoms with Gasteiger partial charge in [0.2, 0.25) is 11.6 Å². The zero-order chi connectivity index (χ0) is 14.7. The molecule has 20 heavy (non-hydrogen) atoms. The molecule has 0 spiro atoms. The van der Waals surface area contributed by atoms with E-state index in [-0.39, 0.29) is 11.4 Å². The lowest BCUT2D eigenvalue weighted by Crippen LogP contribution is -1.99. The summed E-state index contributed by atoms with van der Waals surface area (Å²) < 4.78 is 5.56. The van der Waals surface area contributed by atoms with E-state index in [1.165, 1.54) is 6.07 Å². The zero-order valence-electron chi connectivity index (χ0n) is 11.3. The summed E-state index contributed by atoms with van der Waals surface area (Å²) in [6.07, 6.45) is 1.59. The summed E-state index contributed by atoms with van der Waals surface area (Å²) in [6.45, 7) is 3.96. The van der Waals surface area contributed by atoms with Crippen molar-refractivity contribution in [3.63, 3.8) is 0 Å². The Labute approximate surface area is 116 Å². The predicted octanol–water partition coefficient (Wildman–Crippen LogP) is 2.86. The molecule has 0 unspecified atom stereocenters. The number of nitro groups is 1. The Balaban J connectivity index is 2.39. The number of ether oxygens (including phenoxy) is 1. The van der Waals surface area contributed by atoms with Gasteiger partial charge in [-0.2, -0.15) is 0 Å². The van der Waals surface area contributed by atoms with Crippen molar-refractivity contribution < 1.29 is 9.66 Å². The number of hydrogen-bond donors (Lipinski definition) is 1. The summed E-state index contributed by atoms with van der Waals surface area (Å²) in [6, 6.07) is 6.73. The van der Waals surface area contributed by atoms with E-state index in [0.29, 0.717) is 18.0 Å². The maximum Gasteiger partial charge on any atom is 0.312 e. The second-order valence-electron chi connectivity index (χ2n) is 4.50. The van der Waals surface area contributed by atoms with Crippen molar-refractivity contribution in [3.8, 4) is 11.6 Å². The Morgan fingerprint density at radius 2 is 2.10 bits per heavy atom. The smallest absolute Gasteiger partial charge is 0.312 e. The van der Waals surface area contributed by atoms with Crippen molar-refractivity contribution in [2.75, 3.05) is 0 Å². The molecule has 1 aromatic carbocycles. The van der Waals surface area contributed by atoms with Gasteiger partial charge >= 0.3 is 5.69 Å². The van der Waals surface area contributed by atoms with Crippen molar-refractivity contribution in [1.82, 2.24) is 4.98 Å². The lowest BCUT2D eigenvalue weighted by atomic mass is 10.1. The summed E-state index contributed by atoms with van der Waals surface area (Å²) >= 11 is 0. The molecule has 0 atom stereocenters. The molecule has 2 rings (SSSR count). The first-order valence-electron chi connectivity index (χ1n) is 6.09. The van der Waals surface area contributed by atoms with E-state index in [9.17, 15) is 10.1 Å². The Morgan fingerprint density at radius 3 is 2.65 bits per heavy atom. The molecule has 0 bridgehead atoms. The van der Waals surface area contributed by atoms with Gasteiger partial charge in [-0.1, -0.05) is 12.1 Å². The van der Waals surface area contributed by atoms with E-state index in [0.717, 1.165) is 11.1 Å². The van der Waals surface area contributed by atoms with Crippen LogP contribution in [0.3, 0.4) is 0 Å². The molecule has 1 heterocycles. The highest BCUT2D eigenvalue weighted by molar-refractivity contribution is 5.54. The molecule has 0 aliphatic rings. The largest absolute Gasteiger partial charge is 0.432 e. The molecule has 0 radical (unpaired) electrons. The number of nitro benzene ring substituents is 1. The van der Waals surface area contributed by atoms with Crippen molar-refractivity contribution in [3.05, 3.63) is 57.3 Å². The maximum absolute atomic E-state index is 11.1. The number of aromatic nitrogens is 1. The molecule has 6 heteroatoms. The SMILES string of the molecule is Cc1cc(C)c(Oc2ccc(CN)cn2)c([N+](=O)[O-])c1. The highest BCUT2D eigenvalue weighted by Gasteiger charge is 2.19. The third-order valence-corrected chi connectivity index (χ3v) is 2.84. The average Bonchev–Trinajstić information content (AvgIpc) is 2.42. The summed E-state index contributed by atoms with van der Waals surface area (Å²) in [4.78, 5) is 14.7. The minimum atomic E-state index is -0.455. The molecule has 2 aromatic rings. The molecule has 0 aliphatic carbocycles. The molecule has 0 saturated carbocycles. The van der Waals surface area contributed by atoms with Gasteiger partial charge in [0.15, 0.2) is 0 Å². The molecule has 0 amide bonds. The zero-order valence-corrected chi connectivity index (χ0v) is 11.3. The third-order valence-electron chi connectivity index (χ3n) is 2.84. The van der Waals surface area contributed by atoms with Crippen LogP contribution in [0.1, 0.15) is 16.7 Å². The highest BCUT2D eigenvalue weighted by Crippen LogP contribution is 2.34. The first-order chi connectivity index (χ1) is 9.51. The first-order valence-corrected chi connectivity index (χ1v) is 6.09. The van der Waals surface area contributed by atoms with Crippen molar-refractivity contribution in [2.24, 2.45) is 5.73 Å². The normalized spacial score (nSPS) is 10.3. The fourth-order valence-corrected chi connectivity index (χ4v) is 1.90. The first kappa shape index (κ1) is 14.0. The van der Waals surface area contributed by atoms with Gasteiger partial charge in [-0.3, -0.25) is 10.1 Å². The standard InChI is InChI=1S/C14H15N3O3/c1-9-5-10(2)14(12(6-9)17(18)19)20-13-4-3-11(7-15)8-16-13/h3-6,8H,7,15H2,1-2H3. The van der Waals surface area contributed by atoms with Gasteiger partial charge in [0.1, 0.15) is 0 Å². The summed E-state index contributed by atoms with van der Waals surface area (Å²) in [5, 5.41) is 11.1. The number of rotatable bonds is 4. The minimum absolute atomic E-state index is 0.0628. The molecule has 104 valence electrons. The van der Waals surface area contributed by atoms with Gasteiger partial charge in [-0.15, -0.1) is 0 Å². The van der Waals surface area contributed by atoms with E-state index in [1.54, 1.807) is 32.2 Å². The van der Waals surface area contributed by atoms with Gasteiger partial charge in [0.25, 0.3) is 0 Å². The Kier molecular flexibility index (Phi) is 3.95. The van der Waals surface area contributed by atoms with Gasteiger partial charge < -0.3 is 10.5 Å². The Morgan fingerprint density at radius 1 is 1.35 bits per heavy atom. The van der Waals surface area contributed by atoms with E-state index < -0.39 is 4.92 Å². The highest BCUT2D eigenvalue weighted by atomic mass is 16.6. The van der Waals surface area contributed by atoms with Crippen LogP contribution in [0.2, 0.25) is 0 Å². The summed E-state index contributed by atoms with van der Waals surface area (Å²) in [5.74, 6) is 0.519. The van der Waals surface area contributed by atoms with E-state index in [4.69, 9.17) is 10.5 Å². The number of nitrogens with zero attached hydrogens (tertiary/aromatic N) is 2. The van der Waals surface area contributed by atoms with E-state index in [2.05, 4.69) is 4.98 Å². The molecular formula is C14H15N3O3. The number of benzene rings is 1. The third kappa shape index (κ3) is 2.92. The molecule has 6 nitrogen and oxygen atoms in total. The van der Waals surface area contributed by atoms with Crippen LogP contribution in [0, 0.1) is 24.0 Å². The van der Waals surface area contributed by atoms with E-state index in [1.807, 2.05) is 6.07 Å². The quantitative estimate of drug-likeness (QED) is 0.683. The number of hydrogen-bond acceptors (Lipinski definition) is 5. The van der Waals surface area contributed by atoms with Crippen LogP contribution >= 0.6 is 0 Å². The molecule has 1 aromatic heterocycles. The maximum atomic E-state index is 11.1. The van der Waals surface area contributed by atoms with Gasteiger partial charge in [0.05, 0.1) is 4.92 Å². The van der Waals surface area contributed by atoms with Crippen LogP contribution in [-0.2, 0) is 6.54 Å². The Bertz CT molecular complexity index is 639. The van der Waals surface area contributed by atoms with Gasteiger partial charge in [-0.25, -0.2) is 4.98 Å². The lowest BCUT2D eigenvalue weighted by molar-refractivity contribution is -0.385. The lowest BCUT2D eigenvalue weighted by Gasteiger charge is -2.09. The number of nitrogens with two attached hydrogens (primary N) is 1. The predicted molar refractivity (Wildman–Crippen MR) is 74.8 cm³/mol. The van der Waals surface area contributed by atoms with Crippen LogP contribution in [0.4, 0.5) is 5.69 Å². The van der Waals surface area contributed by atoms with Gasteiger partial charge in [0, 0.05) is 24.9 Å². The van der Waals surface area contributed by atoms with Crippen LogP contribution in [0.5, 0.6) is 11.6 Å². The topological polar surface area (TPSA) is 91.3 Å². The molecule has 2 N–H and O–H groups in total. The monoisotopic (exact) mass is 273 g/mol. The second kappa shape index (κ2) is 5.66. The molecule has 0 fully saturated rings. The van der Waals surface area contributed by atoms with Crippen molar-refractivity contribution in [1.29, 1.82) is 0 Å². The summed E-state index contributed by atoms with van der Waals surface area (Å²) in [7, 11) is 0. The summed E-state index contributed by atoms with van der Waals surface area (Å²) in [5.41, 5.74) is 7.80.